The van der Waals surface area contributed by atoms with E-state index in [1.807, 2.05) is 30.1 Å². The summed E-state index contributed by atoms with van der Waals surface area (Å²) in [5.41, 5.74) is 7.89. The molecule has 0 fully saturated rings. The highest BCUT2D eigenvalue weighted by atomic mass is 32.1. The maximum atomic E-state index is 13.6. The lowest BCUT2D eigenvalue weighted by Crippen LogP contribution is -2.19. The number of rotatable bonds is 5. The second-order valence-electron chi connectivity index (χ2n) is 4.68. The Kier molecular flexibility index (Phi) is 4.76. The fraction of sp³-hybridized carbons (Fsp3) is 0.200. The zero-order chi connectivity index (χ0) is 14.5. The van der Waals surface area contributed by atoms with Crippen LogP contribution in [-0.4, -0.2) is 21.9 Å². The average Bonchev–Trinajstić information content (AvgIpc) is 2.41. The number of halogens is 1. The summed E-state index contributed by atoms with van der Waals surface area (Å²) in [5, 5.41) is 0. The van der Waals surface area contributed by atoms with Gasteiger partial charge in [-0.05, 0) is 30.8 Å². The van der Waals surface area contributed by atoms with Crippen LogP contribution >= 0.6 is 12.2 Å². The van der Waals surface area contributed by atoms with Gasteiger partial charge in [0, 0.05) is 24.8 Å². The molecule has 2 rings (SSSR count). The van der Waals surface area contributed by atoms with Crippen molar-refractivity contribution in [1.82, 2.24) is 9.88 Å². The summed E-state index contributed by atoms with van der Waals surface area (Å²) in [6.45, 7) is 1.21. The molecule has 1 heterocycles. The predicted octanol–water partition coefficient (Wildman–Crippen LogP) is 2.49. The first-order chi connectivity index (χ1) is 9.56. The van der Waals surface area contributed by atoms with Crippen molar-refractivity contribution in [2.45, 2.75) is 13.1 Å². The largest absolute Gasteiger partial charge is 0.388 e. The molecule has 0 atom stereocenters. The molecular weight excluding hydrogens is 273 g/mol. The van der Waals surface area contributed by atoms with E-state index in [9.17, 15) is 4.39 Å². The maximum absolute atomic E-state index is 13.6. The first-order valence-corrected chi connectivity index (χ1v) is 6.64. The molecule has 0 bridgehead atoms. The number of hydrogen-bond acceptors (Lipinski definition) is 3. The molecule has 0 aliphatic heterocycles. The second kappa shape index (κ2) is 6.54. The van der Waals surface area contributed by atoms with Crippen LogP contribution in [-0.2, 0) is 13.1 Å². The summed E-state index contributed by atoms with van der Waals surface area (Å²) < 4.78 is 13.6. The van der Waals surface area contributed by atoms with Crippen molar-refractivity contribution in [3.05, 3.63) is 65.2 Å². The van der Waals surface area contributed by atoms with Crippen LogP contribution in [0.3, 0.4) is 0 Å². The van der Waals surface area contributed by atoms with Gasteiger partial charge in [-0.15, -0.1) is 0 Å². The molecule has 2 aromatic rings. The fourth-order valence-electron chi connectivity index (χ4n) is 1.99. The van der Waals surface area contributed by atoms with Crippen LogP contribution in [0, 0.1) is 5.82 Å². The number of thiocarbonyl (C=S) groups is 1. The fourth-order valence-corrected chi connectivity index (χ4v) is 2.10. The summed E-state index contributed by atoms with van der Waals surface area (Å²) in [6, 6.07) is 10.6. The minimum absolute atomic E-state index is 0.182. The molecule has 0 aliphatic rings. The van der Waals surface area contributed by atoms with Gasteiger partial charge in [-0.1, -0.05) is 30.4 Å². The third-order valence-corrected chi connectivity index (χ3v) is 3.14. The van der Waals surface area contributed by atoms with Crippen molar-refractivity contribution < 1.29 is 4.39 Å². The van der Waals surface area contributed by atoms with Crippen molar-refractivity contribution in [2.24, 2.45) is 5.73 Å². The standard InChI is InChI=1S/C15H16FN3S/c1-19(10-12-4-2-3-5-13(12)16)9-11-6-7-18-14(8-11)15(17)20/h2-8H,9-10H2,1H3,(H2,17,20). The van der Waals surface area contributed by atoms with Gasteiger partial charge in [0.2, 0.25) is 0 Å². The number of pyridine rings is 1. The van der Waals surface area contributed by atoms with Crippen LogP contribution in [0.2, 0.25) is 0 Å². The zero-order valence-corrected chi connectivity index (χ0v) is 12.0. The predicted molar refractivity (Wildman–Crippen MR) is 81.7 cm³/mol. The first kappa shape index (κ1) is 14.6. The average molecular weight is 289 g/mol. The smallest absolute Gasteiger partial charge is 0.127 e. The topological polar surface area (TPSA) is 42.2 Å². The third-order valence-electron chi connectivity index (χ3n) is 2.93. The van der Waals surface area contributed by atoms with Crippen molar-refractivity contribution >= 4 is 17.2 Å². The minimum Gasteiger partial charge on any atom is -0.388 e. The SMILES string of the molecule is CN(Cc1ccnc(C(N)=S)c1)Cc1ccccc1F. The lowest BCUT2D eigenvalue weighted by molar-refractivity contribution is 0.313. The van der Waals surface area contributed by atoms with Gasteiger partial charge in [-0.25, -0.2) is 4.39 Å². The Morgan fingerprint density at radius 2 is 2.05 bits per heavy atom. The summed E-state index contributed by atoms with van der Waals surface area (Å²) in [5.74, 6) is -0.182. The highest BCUT2D eigenvalue weighted by Gasteiger charge is 2.07. The van der Waals surface area contributed by atoms with E-state index in [0.717, 1.165) is 5.56 Å². The molecule has 1 aromatic carbocycles. The Labute approximate surface area is 123 Å². The van der Waals surface area contributed by atoms with Crippen LogP contribution in [0.4, 0.5) is 4.39 Å². The molecule has 3 nitrogen and oxygen atoms in total. The highest BCUT2D eigenvalue weighted by molar-refractivity contribution is 7.80. The van der Waals surface area contributed by atoms with Crippen LogP contribution < -0.4 is 5.73 Å². The van der Waals surface area contributed by atoms with Gasteiger partial charge in [-0.2, -0.15) is 0 Å². The van der Waals surface area contributed by atoms with E-state index in [2.05, 4.69) is 4.98 Å². The zero-order valence-electron chi connectivity index (χ0n) is 11.2. The van der Waals surface area contributed by atoms with E-state index in [4.69, 9.17) is 18.0 Å². The van der Waals surface area contributed by atoms with Crippen molar-refractivity contribution in [1.29, 1.82) is 0 Å². The summed E-state index contributed by atoms with van der Waals surface area (Å²) in [6.07, 6.45) is 1.68. The molecule has 0 radical (unpaired) electrons. The van der Waals surface area contributed by atoms with Crippen LogP contribution in [0.1, 0.15) is 16.8 Å². The van der Waals surface area contributed by atoms with E-state index in [0.29, 0.717) is 24.3 Å². The molecule has 20 heavy (non-hydrogen) atoms. The molecular formula is C15H16FN3S. The van der Waals surface area contributed by atoms with Gasteiger partial charge in [0.1, 0.15) is 10.8 Å². The highest BCUT2D eigenvalue weighted by Crippen LogP contribution is 2.11. The van der Waals surface area contributed by atoms with Crippen LogP contribution in [0.25, 0.3) is 0 Å². The number of hydrogen-bond donors (Lipinski definition) is 1. The van der Waals surface area contributed by atoms with Crippen molar-refractivity contribution in [2.75, 3.05) is 7.05 Å². The van der Waals surface area contributed by atoms with E-state index < -0.39 is 0 Å². The molecule has 0 saturated carbocycles. The van der Waals surface area contributed by atoms with Crippen molar-refractivity contribution in [3.63, 3.8) is 0 Å². The van der Waals surface area contributed by atoms with Gasteiger partial charge in [0.15, 0.2) is 0 Å². The number of nitrogens with zero attached hydrogens (tertiary/aromatic N) is 2. The van der Waals surface area contributed by atoms with Gasteiger partial charge in [0.25, 0.3) is 0 Å². The number of benzene rings is 1. The van der Waals surface area contributed by atoms with Gasteiger partial charge >= 0.3 is 0 Å². The van der Waals surface area contributed by atoms with Gasteiger partial charge in [-0.3, -0.25) is 9.88 Å². The molecule has 2 N–H and O–H groups in total. The Morgan fingerprint density at radius 1 is 1.30 bits per heavy atom. The molecule has 1 aromatic heterocycles. The summed E-state index contributed by atoms with van der Waals surface area (Å²) >= 11 is 4.91. The Bertz CT molecular complexity index is 616. The van der Waals surface area contributed by atoms with Gasteiger partial charge < -0.3 is 5.73 Å². The van der Waals surface area contributed by atoms with E-state index in [1.54, 1.807) is 18.3 Å². The lowest BCUT2D eigenvalue weighted by atomic mass is 10.1. The van der Waals surface area contributed by atoms with E-state index >= 15 is 0 Å². The molecule has 0 saturated heterocycles. The molecule has 104 valence electrons. The second-order valence-corrected chi connectivity index (χ2v) is 5.12. The van der Waals surface area contributed by atoms with Crippen LogP contribution in [0.15, 0.2) is 42.6 Å². The maximum Gasteiger partial charge on any atom is 0.127 e. The quantitative estimate of drug-likeness (QED) is 0.859. The monoisotopic (exact) mass is 289 g/mol. The molecule has 0 aliphatic carbocycles. The van der Waals surface area contributed by atoms with Crippen molar-refractivity contribution in [3.8, 4) is 0 Å². The number of aromatic nitrogens is 1. The Hall–Kier alpha value is -1.85. The van der Waals surface area contributed by atoms with E-state index in [-0.39, 0.29) is 10.8 Å². The molecule has 0 amide bonds. The third kappa shape index (κ3) is 3.82. The number of nitrogens with two attached hydrogens (primary N) is 1. The first-order valence-electron chi connectivity index (χ1n) is 6.23. The van der Waals surface area contributed by atoms with Crippen LogP contribution in [0.5, 0.6) is 0 Å². The lowest BCUT2D eigenvalue weighted by Gasteiger charge is -2.17. The molecule has 0 spiro atoms. The Balaban J connectivity index is 2.05. The Morgan fingerprint density at radius 3 is 2.75 bits per heavy atom. The normalized spacial score (nSPS) is 10.8. The molecule has 5 heteroatoms. The van der Waals surface area contributed by atoms with E-state index in [1.165, 1.54) is 6.07 Å². The molecule has 0 unspecified atom stereocenters. The minimum atomic E-state index is -0.182. The van der Waals surface area contributed by atoms with Gasteiger partial charge in [0.05, 0.1) is 5.69 Å². The summed E-state index contributed by atoms with van der Waals surface area (Å²) in [4.78, 5) is 6.41. The summed E-state index contributed by atoms with van der Waals surface area (Å²) in [7, 11) is 1.94.